The highest BCUT2D eigenvalue weighted by molar-refractivity contribution is 6.30. The average Bonchev–Trinajstić information content (AvgIpc) is 2.47. The molecule has 108 valence electrons. The molecule has 2 rings (SSSR count). The van der Waals surface area contributed by atoms with Crippen LogP contribution in [0.5, 0.6) is 0 Å². The Morgan fingerprint density at radius 3 is 2.57 bits per heavy atom. The van der Waals surface area contributed by atoms with Crippen LogP contribution in [-0.2, 0) is 4.79 Å². The van der Waals surface area contributed by atoms with Gasteiger partial charge in [0.05, 0.1) is 10.8 Å². The molecular formula is C15H13ClN2O3. The minimum Gasteiger partial charge on any atom is -0.358 e. The van der Waals surface area contributed by atoms with E-state index in [4.69, 9.17) is 11.6 Å². The number of para-hydroxylation sites is 1. The molecule has 0 saturated heterocycles. The van der Waals surface area contributed by atoms with Crippen LogP contribution in [0.25, 0.3) is 0 Å². The lowest BCUT2D eigenvalue weighted by Crippen LogP contribution is -2.27. The van der Waals surface area contributed by atoms with Crippen LogP contribution < -0.4 is 5.32 Å². The first-order chi connectivity index (χ1) is 10.0. The minimum absolute atomic E-state index is 0.0916. The first-order valence-electron chi connectivity index (χ1n) is 6.25. The first kappa shape index (κ1) is 15.0. The van der Waals surface area contributed by atoms with Gasteiger partial charge in [-0.15, -0.1) is 0 Å². The number of hydrogen-bond acceptors (Lipinski definition) is 3. The van der Waals surface area contributed by atoms with Crippen molar-refractivity contribution in [1.82, 2.24) is 5.32 Å². The molecule has 0 saturated carbocycles. The Kier molecular flexibility index (Phi) is 4.55. The Balaban J connectivity index is 2.62. The van der Waals surface area contributed by atoms with Crippen LogP contribution in [-0.4, -0.2) is 17.9 Å². The highest BCUT2D eigenvalue weighted by atomic mass is 35.5. The Hall–Kier alpha value is -2.40. The minimum atomic E-state index is -0.782. The van der Waals surface area contributed by atoms with E-state index in [2.05, 4.69) is 5.32 Å². The average molecular weight is 305 g/mol. The number of nitro benzene ring substituents is 1. The lowest BCUT2D eigenvalue weighted by molar-refractivity contribution is -0.385. The monoisotopic (exact) mass is 304 g/mol. The standard InChI is InChI=1S/C15H13ClN2O3/c1-17-15(19)14(10-5-4-6-11(16)9-10)12-7-2-3-8-13(12)18(20)21/h2-9,14H,1H3,(H,17,19). The number of nitro groups is 1. The molecule has 0 spiro atoms. The molecule has 0 aliphatic carbocycles. The summed E-state index contributed by atoms with van der Waals surface area (Å²) in [7, 11) is 1.49. The molecule has 0 bridgehead atoms. The van der Waals surface area contributed by atoms with Crippen LogP contribution in [0.4, 0.5) is 5.69 Å². The molecule has 1 unspecified atom stereocenters. The summed E-state index contributed by atoms with van der Waals surface area (Å²) in [5.41, 5.74) is 0.853. The number of likely N-dealkylation sites (N-methyl/N-ethyl adjacent to an activating group) is 1. The van der Waals surface area contributed by atoms with Gasteiger partial charge in [-0.25, -0.2) is 0 Å². The Bertz CT molecular complexity index is 688. The highest BCUT2D eigenvalue weighted by Gasteiger charge is 2.28. The Morgan fingerprint density at radius 1 is 1.24 bits per heavy atom. The lowest BCUT2D eigenvalue weighted by Gasteiger charge is -2.16. The van der Waals surface area contributed by atoms with Crippen LogP contribution in [0.2, 0.25) is 5.02 Å². The fourth-order valence-electron chi connectivity index (χ4n) is 2.20. The second-order valence-corrected chi connectivity index (χ2v) is 4.85. The molecule has 2 aromatic rings. The maximum absolute atomic E-state index is 12.2. The van der Waals surface area contributed by atoms with Crippen molar-refractivity contribution < 1.29 is 9.72 Å². The van der Waals surface area contributed by atoms with E-state index >= 15 is 0 Å². The highest BCUT2D eigenvalue weighted by Crippen LogP contribution is 2.32. The normalized spacial score (nSPS) is 11.7. The van der Waals surface area contributed by atoms with Crippen molar-refractivity contribution in [1.29, 1.82) is 0 Å². The van der Waals surface area contributed by atoms with E-state index in [1.807, 2.05) is 0 Å². The Labute approximate surface area is 126 Å². The van der Waals surface area contributed by atoms with Crippen molar-refractivity contribution in [3.63, 3.8) is 0 Å². The van der Waals surface area contributed by atoms with Gasteiger partial charge in [-0.05, 0) is 17.7 Å². The van der Waals surface area contributed by atoms with Crippen molar-refractivity contribution >= 4 is 23.2 Å². The summed E-state index contributed by atoms with van der Waals surface area (Å²) in [5.74, 6) is -1.11. The lowest BCUT2D eigenvalue weighted by atomic mass is 9.89. The number of carbonyl (C=O) groups excluding carboxylic acids is 1. The van der Waals surface area contributed by atoms with Gasteiger partial charge in [0.15, 0.2) is 0 Å². The molecule has 21 heavy (non-hydrogen) atoms. The number of carbonyl (C=O) groups is 1. The molecule has 0 radical (unpaired) electrons. The molecule has 0 fully saturated rings. The number of hydrogen-bond donors (Lipinski definition) is 1. The van der Waals surface area contributed by atoms with E-state index < -0.39 is 10.8 Å². The van der Waals surface area contributed by atoms with E-state index in [0.29, 0.717) is 16.1 Å². The summed E-state index contributed by atoms with van der Waals surface area (Å²) in [6, 6.07) is 13.0. The van der Waals surface area contributed by atoms with E-state index in [0.717, 1.165) is 0 Å². The molecule has 1 N–H and O–H groups in total. The smallest absolute Gasteiger partial charge is 0.273 e. The molecule has 0 aliphatic rings. The third-order valence-corrected chi connectivity index (χ3v) is 3.37. The third-order valence-electron chi connectivity index (χ3n) is 3.14. The fraction of sp³-hybridized carbons (Fsp3) is 0.133. The van der Waals surface area contributed by atoms with Crippen molar-refractivity contribution in [3.8, 4) is 0 Å². The number of nitrogens with one attached hydrogen (secondary N) is 1. The summed E-state index contributed by atoms with van der Waals surface area (Å²) in [5, 5.41) is 14.2. The molecule has 0 aliphatic heterocycles. The van der Waals surface area contributed by atoms with Gasteiger partial charge in [-0.1, -0.05) is 41.9 Å². The van der Waals surface area contributed by atoms with Crippen LogP contribution in [0.15, 0.2) is 48.5 Å². The molecule has 5 nitrogen and oxygen atoms in total. The molecule has 0 heterocycles. The predicted molar refractivity (Wildman–Crippen MR) is 80.5 cm³/mol. The Morgan fingerprint density at radius 2 is 1.95 bits per heavy atom. The summed E-state index contributed by atoms with van der Waals surface area (Å²) in [4.78, 5) is 22.9. The van der Waals surface area contributed by atoms with E-state index in [1.165, 1.54) is 13.1 Å². The zero-order valence-corrected chi connectivity index (χ0v) is 12.0. The maximum atomic E-state index is 12.2. The number of nitrogens with zero attached hydrogens (tertiary/aromatic N) is 1. The largest absolute Gasteiger partial charge is 0.358 e. The van der Waals surface area contributed by atoms with Crippen molar-refractivity contribution in [2.24, 2.45) is 0 Å². The first-order valence-corrected chi connectivity index (χ1v) is 6.62. The van der Waals surface area contributed by atoms with E-state index in [1.54, 1.807) is 42.5 Å². The van der Waals surface area contributed by atoms with Gasteiger partial charge in [0.1, 0.15) is 0 Å². The van der Waals surface area contributed by atoms with Gasteiger partial charge in [0, 0.05) is 23.7 Å². The number of benzene rings is 2. The summed E-state index contributed by atoms with van der Waals surface area (Å²) in [6.45, 7) is 0. The molecule has 1 atom stereocenters. The third kappa shape index (κ3) is 3.20. The van der Waals surface area contributed by atoms with Gasteiger partial charge in [0.25, 0.3) is 5.69 Å². The molecule has 2 aromatic carbocycles. The van der Waals surface area contributed by atoms with Crippen LogP contribution in [0, 0.1) is 10.1 Å². The maximum Gasteiger partial charge on any atom is 0.273 e. The number of rotatable bonds is 4. The summed E-state index contributed by atoms with van der Waals surface area (Å²) >= 11 is 5.96. The topological polar surface area (TPSA) is 72.2 Å². The number of amides is 1. The van der Waals surface area contributed by atoms with Crippen LogP contribution in [0.3, 0.4) is 0 Å². The predicted octanol–water partition coefficient (Wildman–Crippen LogP) is 3.13. The summed E-state index contributed by atoms with van der Waals surface area (Å²) < 4.78 is 0. The fourth-order valence-corrected chi connectivity index (χ4v) is 2.40. The van der Waals surface area contributed by atoms with E-state index in [9.17, 15) is 14.9 Å². The zero-order valence-electron chi connectivity index (χ0n) is 11.2. The van der Waals surface area contributed by atoms with E-state index in [-0.39, 0.29) is 11.6 Å². The molecule has 1 amide bonds. The second kappa shape index (κ2) is 6.37. The van der Waals surface area contributed by atoms with Gasteiger partial charge in [-0.2, -0.15) is 0 Å². The van der Waals surface area contributed by atoms with Crippen molar-refractivity contribution in [3.05, 3.63) is 74.8 Å². The number of halogens is 1. The van der Waals surface area contributed by atoms with Gasteiger partial charge < -0.3 is 5.32 Å². The van der Waals surface area contributed by atoms with Crippen LogP contribution >= 0.6 is 11.6 Å². The molecule has 6 heteroatoms. The van der Waals surface area contributed by atoms with Gasteiger partial charge in [0.2, 0.25) is 5.91 Å². The quantitative estimate of drug-likeness (QED) is 0.696. The zero-order chi connectivity index (χ0) is 15.4. The van der Waals surface area contributed by atoms with Crippen molar-refractivity contribution in [2.45, 2.75) is 5.92 Å². The molecular weight excluding hydrogens is 292 g/mol. The van der Waals surface area contributed by atoms with Crippen molar-refractivity contribution in [2.75, 3.05) is 7.05 Å². The van der Waals surface area contributed by atoms with Gasteiger partial charge >= 0.3 is 0 Å². The van der Waals surface area contributed by atoms with Gasteiger partial charge in [-0.3, -0.25) is 14.9 Å². The summed E-state index contributed by atoms with van der Waals surface area (Å²) in [6.07, 6.45) is 0. The van der Waals surface area contributed by atoms with Crippen LogP contribution in [0.1, 0.15) is 17.0 Å². The SMILES string of the molecule is CNC(=O)C(c1cccc(Cl)c1)c1ccccc1[N+](=O)[O-]. The molecule has 0 aromatic heterocycles. The second-order valence-electron chi connectivity index (χ2n) is 4.42.